The van der Waals surface area contributed by atoms with E-state index in [1.165, 1.54) is 6.08 Å². The van der Waals surface area contributed by atoms with Crippen molar-refractivity contribution in [2.24, 2.45) is 11.7 Å². The summed E-state index contributed by atoms with van der Waals surface area (Å²) in [5, 5.41) is 9.83. The fraction of sp³-hybridized carbons (Fsp3) is 0.636. The minimum Gasteiger partial charge on any atom is -0.444 e. The van der Waals surface area contributed by atoms with Gasteiger partial charge in [-0.05, 0) is 45.6 Å². The highest BCUT2D eigenvalue weighted by molar-refractivity contribution is 6.00. The molecule has 0 saturated heterocycles. The summed E-state index contributed by atoms with van der Waals surface area (Å²) in [6.07, 6.45) is 2.99. The van der Waals surface area contributed by atoms with Crippen LogP contribution in [0.3, 0.4) is 0 Å². The number of hydrogen-bond donors (Lipinski definition) is 3. The lowest BCUT2D eigenvalue weighted by Gasteiger charge is -2.19. The highest BCUT2D eigenvalue weighted by Gasteiger charge is 2.24. The van der Waals surface area contributed by atoms with Crippen LogP contribution < -0.4 is 11.1 Å². The standard InChI is InChI=1S/C11H19N3O2/c1-11(2,3)16-10(15)14-9(13)6-8(12)7-4-5-7/h6-7H,4-5,12H2,1-3H3,(H2,13,14,15)/b8-6-. The van der Waals surface area contributed by atoms with Crippen molar-refractivity contribution in [3.63, 3.8) is 0 Å². The van der Waals surface area contributed by atoms with Gasteiger partial charge in [-0.3, -0.25) is 10.7 Å². The quantitative estimate of drug-likeness (QED) is 0.494. The van der Waals surface area contributed by atoms with Gasteiger partial charge in [0.25, 0.3) is 0 Å². The van der Waals surface area contributed by atoms with Crippen molar-refractivity contribution < 1.29 is 9.53 Å². The van der Waals surface area contributed by atoms with Crippen LogP contribution in [0.4, 0.5) is 4.79 Å². The van der Waals surface area contributed by atoms with Crippen molar-refractivity contribution in [2.45, 2.75) is 39.2 Å². The van der Waals surface area contributed by atoms with E-state index in [1.807, 2.05) is 0 Å². The van der Waals surface area contributed by atoms with E-state index >= 15 is 0 Å². The number of amides is 1. The molecule has 0 heterocycles. The molecule has 0 atom stereocenters. The molecule has 5 nitrogen and oxygen atoms in total. The Hall–Kier alpha value is -1.52. The lowest BCUT2D eigenvalue weighted by molar-refractivity contribution is 0.0563. The number of hydrogen-bond acceptors (Lipinski definition) is 4. The van der Waals surface area contributed by atoms with Crippen molar-refractivity contribution >= 4 is 11.9 Å². The first-order valence-corrected chi connectivity index (χ1v) is 5.33. The van der Waals surface area contributed by atoms with E-state index in [-0.39, 0.29) is 5.84 Å². The summed E-state index contributed by atoms with van der Waals surface area (Å²) in [5.41, 5.74) is 5.81. The van der Waals surface area contributed by atoms with Crippen molar-refractivity contribution in [1.82, 2.24) is 5.32 Å². The van der Waals surface area contributed by atoms with Gasteiger partial charge in [0.15, 0.2) is 0 Å². The molecule has 4 N–H and O–H groups in total. The zero-order chi connectivity index (χ0) is 12.3. The molecule has 0 radical (unpaired) electrons. The molecule has 1 aliphatic rings. The molecule has 1 saturated carbocycles. The zero-order valence-electron chi connectivity index (χ0n) is 9.96. The number of ether oxygens (including phenoxy) is 1. The van der Waals surface area contributed by atoms with Gasteiger partial charge in [0.05, 0.1) is 0 Å². The predicted molar refractivity (Wildman–Crippen MR) is 62.1 cm³/mol. The van der Waals surface area contributed by atoms with Crippen LogP contribution in [-0.4, -0.2) is 17.5 Å². The predicted octanol–water partition coefficient (Wildman–Crippen LogP) is 1.74. The molecule has 1 rings (SSSR count). The monoisotopic (exact) mass is 225 g/mol. The summed E-state index contributed by atoms with van der Waals surface area (Å²) in [6, 6.07) is 0. The van der Waals surface area contributed by atoms with Crippen LogP contribution in [0.15, 0.2) is 11.8 Å². The van der Waals surface area contributed by atoms with Gasteiger partial charge < -0.3 is 10.5 Å². The van der Waals surface area contributed by atoms with Crippen LogP contribution in [-0.2, 0) is 4.74 Å². The van der Waals surface area contributed by atoms with Crippen molar-refractivity contribution in [3.8, 4) is 0 Å². The fourth-order valence-corrected chi connectivity index (χ4v) is 1.15. The molecule has 1 fully saturated rings. The van der Waals surface area contributed by atoms with E-state index in [0.29, 0.717) is 11.6 Å². The second kappa shape index (κ2) is 4.55. The van der Waals surface area contributed by atoms with Crippen molar-refractivity contribution in [3.05, 3.63) is 11.8 Å². The second-order valence-corrected chi connectivity index (χ2v) is 4.96. The Morgan fingerprint density at radius 3 is 2.50 bits per heavy atom. The maximum absolute atomic E-state index is 11.3. The maximum atomic E-state index is 11.3. The van der Waals surface area contributed by atoms with Gasteiger partial charge in [0.2, 0.25) is 0 Å². The molecule has 0 bridgehead atoms. The van der Waals surface area contributed by atoms with Crippen molar-refractivity contribution in [1.29, 1.82) is 5.41 Å². The topological polar surface area (TPSA) is 88.2 Å². The third kappa shape index (κ3) is 4.82. The van der Waals surface area contributed by atoms with Crippen LogP contribution in [0.5, 0.6) is 0 Å². The molecule has 1 amide bonds. The van der Waals surface area contributed by atoms with E-state index in [1.54, 1.807) is 20.8 Å². The summed E-state index contributed by atoms with van der Waals surface area (Å²) < 4.78 is 5.01. The van der Waals surface area contributed by atoms with E-state index < -0.39 is 11.7 Å². The summed E-state index contributed by atoms with van der Waals surface area (Å²) in [5.74, 6) is 0.361. The van der Waals surface area contributed by atoms with Gasteiger partial charge in [-0.15, -0.1) is 0 Å². The van der Waals surface area contributed by atoms with Crippen LogP contribution in [0.25, 0.3) is 0 Å². The lowest BCUT2D eigenvalue weighted by atomic mass is 10.2. The Kier molecular flexibility index (Phi) is 3.57. The Labute approximate surface area is 95.5 Å². The summed E-state index contributed by atoms with van der Waals surface area (Å²) in [7, 11) is 0. The van der Waals surface area contributed by atoms with Gasteiger partial charge in [-0.1, -0.05) is 0 Å². The molecule has 5 heteroatoms. The number of allylic oxidation sites excluding steroid dienone is 1. The first-order valence-electron chi connectivity index (χ1n) is 5.33. The van der Waals surface area contributed by atoms with Gasteiger partial charge in [-0.2, -0.15) is 0 Å². The van der Waals surface area contributed by atoms with E-state index in [4.69, 9.17) is 15.9 Å². The van der Waals surface area contributed by atoms with E-state index in [9.17, 15) is 4.79 Å². The highest BCUT2D eigenvalue weighted by Crippen LogP contribution is 2.33. The molecule has 0 aromatic carbocycles. The molecule has 0 aromatic rings. The molecule has 0 aliphatic heterocycles. The Balaban J connectivity index is 2.39. The Morgan fingerprint density at radius 2 is 2.06 bits per heavy atom. The Bertz CT molecular complexity index is 325. The average Bonchev–Trinajstić information content (AvgIpc) is 2.79. The molecule has 0 spiro atoms. The summed E-state index contributed by atoms with van der Waals surface area (Å²) >= 11 is 0. The molecular formula is C11H19N3O2. The molecular weight excluding hydrogens is 206 g/mol. The molecule has 1 aliphatic carbocycles. The molecule has 16 heavy (non-hydrogen) atoms. The van der Waals surface area contributed by atoms with Crippen LogP contribution >= 0.6 is 0 Å². The third-order valence-corrected chi connectivity index (χ3v) is 2.00. The minimum atomic E-state index is -0.627. The van der Waals surface area contributed by atoms with E-state index in [0.717, 1.165) is 12.8 Å². The maximum Gasteiger partial charge on any atom is 0.413 e. The van der Waals surface area contributed by atoms with Gasteiger partial charge in [0, 0.05) is 5.70 Å². The zero-order valence-corrected chi connectivity index (χ0v) is 9.96. The number of rotatable bonds is 2. The van der Waals surface area contributed by atoms with Gasteiger partial charge in [0.1, 0.15) is 11.4 Å². The average molecular weight is 225 g/mol. The molecule has 90 valence electrons. The number of alkyl carbamates (subject to hydrolysis) is 1. The number of amidine groups is 1. The van der Waals surface area contributed by atoms with Gasteiger partial charge in [-0.25, -0.2) is 4.79 Å². The SMILES string of the molecule is CC(C)(C)OC(=O)NC(=N)/C=C(\N)C1CC1. The molecule has 0 aromatic heterocycles. The second-order valence-electron chi connectivity index (χ2n) is 4.96. The Morgan fingerprint density at radius 1 is 1.50 bits per heavy atom. The van der Waals surface area contributed by atoms with Crippen LogP contribution in [0.2, 0.25) is 0 Å². The lowest BCUT2D eigenvalue weighted by Crippen LogP contribution is -2.35. The number of carbonyl (C=O) groups is 1. The first kappa shape index (κ1) is 12.5. The largest absolute Gasteiger partial charge is 0.444 e. The first-order chi connectivity index (χ1) is 7.28. The normalized spacial score (nSPS) is 16.8. The van der Waals surface area contributed by atoms with Gasteiger partial charge >= 0.3 is 6.09 Å². The molecule has 0 unspecified atom stereocenters. The van der Waals surface area contributed by atoms with Crippen molar-refractivity contribution in [2.75, 3.05) is 0 Å². The van der Waals surface area contributed by atoms with E-state index in [2.05, 4.69) is 5.32 Å². The fourth-order valence-electron chi connectivity index (χ4n) is 1.15. The number of nitrogens with one attached hydrogen (secondary N) is 2. The van der Waals surface area contributed by atoms with Crippen LogP contribution in [0.1, 0.15) is 33.6 Å². The summed E-state index contributed by atoms with van der Waals surface area (Å²) in [4.78, 5) is 11.3. The number of carbonyl (C=O) groups excluding carboxylic acids is 1. The third-order valence-electron chi connectivity index (χ3n) is 2.00. The summed E-state index contributed by atoms with van der Waals surface area (Å²) in [6.45, 7) is 5.31. The smallest absolute Gasteiger partial charge is 0.413 e. The van der Waals surface area contributed by atoms with Crippen LogP contribution in [0, 0.1) is 11.3 Å². The highest BCUT2D eigenvalue weighted by atomic mass is 16.6. The minimum absolute atomic E-state index is 0.0290. The number of nitrogens with two attached hydrogens (primary N) is 1.